The van der Waals surface area contributed by atoms with Gasteiger partial charge in [-0.05, 0) is 43.3 Å². The zero-order chi connectivity index (χ0) is 17.7. The number of halogens is 3. The average Bonchev–Trinajstić information content (AvgIpc) is 2.46. The molecule has 0 aromatic heterocycles. The van der Waals surface area contributed by atoms with Gasteiger partial charge in [0.2, 0.25) is 0 Å². The first-order valence-electron chi connectivity index (χ1n) is 7.01. The van der Waals surface area contributed by atoms with E-state index in [1.165, 1.54) is 6.07 Å². The van der Waals surface area contributed by atoms with Crippen molar-refractivity contribution in [2.75, 3.05) is 17.2 Å². The number of hydrogen-bond acceptors (Lipinski definition) is 2. The van der Waals surface area contributed by atoms with Crippen molar-refractivity contribution in [3.63, 3.8) is 0 Å². The third kappa shape index (κ3) is 5.22. The number of nitrogens with one attached hydrogen (secondary N) is 3. The maximum absolute atomic E-state index is 12.2. The number of hydrogen-bond donors (Lipinski definition) is 3. The molecule has 0 saturated heterocycles. The van der Waals surface area contributed by atoms with Crippen molar-refractivity contribution in [2.45, 2.75) is 6.92 Å². The summed E-state index contributed by atoms with van der Waals surface area (Å²) >= 11 is 12.7. The molecule has 2 aromatic rings. The van der Waals surface area contributed by atoms with Crippen LogP contribution < -0.4 is 16.0 Å². The lowest BCUT2D eigenvalue weighted by atomic mass is 10.1. The highest BCUT2D eigenvalue weighted by Crippen LogP contribution is 2.24. The highest BCUT2D eigenvalue weighted by atomic mass is 79.9. The van der Waals surface area contributed by atoms with E-state index in [0.29, 0.717) is 28.5 Å². The molecular formula is C16H14Br2ClN3O2. The van der Waals surface area contributed by atoms with Crippen LogP contribution in [0.4, 0.5) is 16.2 Å². The first kappa shape index (κ1) is 18.8. The van der Waals surface area contributed by atoms with Gasteiger partial charge in [-0.15, -0.1) is 0 Å². The summed E-state index contributed by atoms with van der Waals surface area (Å²) in [6, 6.07) is 9.59. The largest absolute Gasteiger partial charge is 0.352 e. The zero-order valence-corrected chi connectivity index (χ0v) is 16.5. The van der Waals surface area contributed by atoms with E-state index in [-0.39, 0.29) is 5.91 Å². The fourth-order valence-corrected chi connectivity index (χ4v) is 3.45. The van der Waals surface area contributed by atoms with Crippen molar-refractivity contribution in [1.29, 1.82) is 0 Å². The number of amides is 3. The van der Waals surface area contributed by atoms with Gasteiger partial charge in [0, 0.05) is 26.2 Å². The molecule has 0 fully saturated rings. The summed E-state index contributed by atoms with van der Waals surface area (Å²) in [5.41, 5.74) is 1.27. The summed E-state index contributed by atoms with van der Waals surface area (Å²) in [4.78, 5) is 24.3. The van der Waals surface area contributed by atoms with Crippen LogP contribution in [0.15, 0.2) is 45.3 Å². The Kier molecular flexibility index (Phi) is 6.65. The summed E-state index contributed by atoms with van der Waals surface area (Å²) in [6.45, 7) is 2.30. The quantitative estimate of drug-likeness (QED) is 0.565. The number of rotatable bonds is 4. The molecule has 0 heterocycles. The first-order chi connectivity index (χ1) is 11.4. The molecule has 3 amide bonds. The molecule has 3 N–H and O–H groups in total. The second-order valence-corrected chi connectivity index (χ2v) is 7.05. The summed E-state index contributed by atoms with van der Waals surface area (Å²) in [5.74, 6) is -0.283. The molecule has 0 bridgehead atoms. The summed E-state index contributed by atoms with van der Waals surface area (Å²) in [5, 5.41) is 8.47. The van der Waals surface area contributed by atoms with Crippen LogP contribution in [0, 0.1) is 0 Å². The standard InChI is InChI=1S/C16H14Br2ClN3O2/c1-2-20-15(23)13-4-3-11(19)8-14(13)22-16(24)21-12-6-9(17)5-10(18)7-12/h3-8H,2H2,1H3,(H,20,23)(H2,21,22,24). The van der Waals surface area contributed by atoms with E-state index in [1.807, 2.05) is 13.0 Å². The molecule has 24 heavy (non-hydrogen) atoms. The summed E-state index contributed by atoms with van der Waals surface area (Å²) in [7, 11) is 0. The van der Waals surface area contributed by atoms with Crippen LogP contribution in [0.25, 0.3) is 0 Å². The van der Waals surface area contributed by atoms with Crippen molar-refractivity contribution in [3.8, 4) is 0 Å². The van der Waals surface area contributed by atoms with Gasteiger partial charge in [0.05, 0.1) is 11.3 Å². The third-order valence-electron chi connectivity index (χ3n) is 2.93. The van der Waals surface area contributed by atoms with E-state index in [1.54, 1.807) is 24.3 Å². The average molecular weight is 476 g/mol. The SMILES string of the molecule is CCNC(=O)c1ccc(Cl)cc1NC(=O)Nc1cc(Br)cc(Br)c1. The van der Waals surface area contributed by atoms with Gasteiger partial charge in [-0.3, -0.25) is 4.79 Å². The molecule has 0 saturated carbocycles. The molecular weight excluding hydrogens is 461 g/mol. The van der Waals surface area contributed by atoms with Crippen LogP contribution in [-0.2, 0) is 0 Å². The molecule has 0 aliphatic carbocycles. The lowest BCUT2D eigenvalue weighted by Crippen LogP contribution is -2.26. The Balaban J connectivity index is 2.18. The predicted molar refractivity (Wildman–Crippen MR) is 104 cm³/mol. The Morgan fingerprint density at radius 1 is 1.04 bits per heavy atom. The van der Waals surface area contributed by atoms with E-state index in [2.05, 4.69) is 47.8 Å². The van der Waals surface area contributed by atoms with E-state index in [0.717, 1.165) is 8.95 Å². The number of benzene rings is 2. The molecule has 0 unspecified atom stereocenters. The minimum atomic E-state index is -0.479. The lowest BCUT2D eigenvalue weighted by Gasteiger charge is -2.12. The fraction of sp³-hybridized carbons (Fsp3) is 0.125. The van der Waals surface area contributed by atoms with E-state index < -0.39 is 6.03 Å². The molecule has 0 atom stereocenters. The summed E-state index contributed by atoms with van der Waals surface area (Å²) < 4.78 is 1.64. The van der Waals surface area contributed by atoms with Gasteiger partial charge >= 0.3 is 6.03 Å². The van der Waals surface area contributed by atoms with Crippen LogP contribution in [0.3, 0.4) is 0 Å². The van der Waals surface area contributed by atoms with Crippen LogP contribution >= 0.6 is 43.5 Å². The summed E-state index contributed by atoms with van der Waals surface area (Å²) in [6.07, 6.45) is 0. The topological polar surface area (TPSA) is 70.2 Å². The van der Waals surface area contributed by atoms with Crippen LogP contribution in [-0.4, -0.2) is 18.5 Å². The number of carbonyl (C=O) groups is 2. The normalized spacial score (nSPS) is 10.2. The molecule has 0 spiro atoms. The van der Waals surface area contributed by atoms with E-state index >= 15 is 0 Å². The van der Waals surface area contributed by atoms with E-state index in [4.69, 9.17) is 11.6 Å². The van der Waals surface area contributed by atoms with Crippen molar-refractivity contribution in [1.82, 2.24) is 5.32 Å². The Bertz CT molecular complexity index is 764. The van der Waals surface area contributed by atoms with Crippen molar-refractivity contribution >= 4 is 66.8 Å². The Hall–Kier alpha value is -1.57. The highest BCUT2D eigenvalue weighted by molar-refractivity contribution is 9.11. The molecule has 2 aromatic carbocycles. The van der Waals surface area contributed by atoms with Gasteiger partial charge in [0.25, 0.3) is 5.91 Å². The van der Waals surface area contributed by atoms with Crippen LogP contribution in [0.5, 0.6) is 0 Å². The van der Waals surface area contributed by atoms with Gasteiger partial charge in [0.15, 0.2) is 0 Å². The zero-order valence-electron chi connectivity index (χ0n) is 12.6. The molecule has 0 aliphatic rings. The van der Waals surface area contributed by atoms with Crippen molar-refractivity contribution in [3.05, 3.63) is 55.9 Å². The van der Waals surface area contributed by atoms with Gasteiger partial charge in [-0.1, -0.05) is 43.5 Å². The minimum absolute atomic E-state index is 0.283. The van der Waals surface area contributed by atoms with Crippen molar-refractivity contribution < 1.29 is 9.59 Å². The Morgan fingerprint density at radius 3 is 2.33 bits per heavy atom. The molecule has 5 nitrogen and oxygen atoms in total. The van der Waals surface area contributed by atoms with Gasteiger partial charge < -0.3 is 16.0 Å². The molecule has 8 heteroatoms. The monoisotopic (exact) mass is 473 g/mol. The van der Waals surface area contributed by atoms with Crippen molar-refractivity contribution in [2.24, 2.45) is 0 Å². The first-order valence-corrected chi connectivity index (χ1v) is 8.97. The van der Waals surface area contributed by atoms with Gasteiger partial charge in [0.1, 0.15) is 0 Å². The molecule has 2 rings (SSSR count). The Labute approximate surface area is 161 Å². The highest BCUT2D eigenvalue weighted by Gasteiger charge is 2.14. The number of carbonyl (C=O) groups excluding carboxylic acids is 2. The molecule has 0 aliphatic heterocycles. The van der Waals surface area contributed by atoms with E-state index in [9.17, 15) is 9.59 Å². The molecule has 0 radical (unpaired) electrons. The number of anilines is 2. The smallest absolute Gasteiger partial charge is 0.323 e. The van der Waals surface area contributed by atoms with Gasteiger partial charge in [-0.2, -0.15) is 0 Å². The fourth-order valence-electron chi connectivity index (χ4n) is 1.98. The molecule has 126 valence electrons. The second-order valence-electron chi connectivity index (χ2n) is 4.79. The predicted octanol–water partition coefficient (Wildman–Crippen LogP) is 5.26. The van der Waals surface area contributed by atoms with Crippen LogP contribution in [0.1, 0.15) is 17.3 Å². The van der Waals surface area contributed by atoms with Gasteiger partial charge in [-0.25, -0.2) is 4.79 Å². The number of urea groups is 1. The second kappa shape index (κ2) is 8.50. The lowest BCUT2D eigenvalue weighted by molar-refractivity contribution is 0.0956. The minimum Gasteiger partial charge on any atom is -0.352 e. The van der Waals surface area contributed by atoms with Crippen LogP contribution in [0.2, 0.25) is 5.02 Å². The maximum atomic E-state index is 12.2. The third-order valence-corrected chi connectivity index (χ3v) is 4.08. The Morgan fingerprint density at radius 2 is 1.71 bits per heavy atom. The maximum Gasteiger partial charge on any atom is 0.323 e.